The van der Waals surface area contributed by atoms with Crippen LogP contribution in [0.4, 0.5) is 5.69 Å². The fourth-order valence-corrected chi connectivity index (χ4v) is 4.36. The maximum Gasteiger partial charge on any atom is 0.306 e. The number of fused-ring (bicyclic) bond motifs is 1. The van der Waals surface area contributed by atoms with E-state index in [0.29, 0.717) is 32.2 Å². The molecule has 0 radical (unpaired) electrons. The molecule has 1 heterocycles. The van der Waals surface area contributed by atoms with Crippen LogP contribution in [-0.4, -0.2) is 35.5 Å². The van der Waals surface area contributed by atoms with Gasteiger partial charge >= 0.3 is 5.97 Å². The standard InChI is InChI=1S/C22H24N2O4/c25-20-12-16(21(26)23-17-10-8-15(9-11-17)22(27)28)13-24(20)19-7-3-5-14-4-1-2-6-18(14)19/h1-7,15-17H,8-13H2,(H,23,26)(H,27,28). The molecule has 1 saturated heterocycles. The van der Waals surface area contributed by atoms with Crippen LogP contribution in [0.25, 0.3) is 10.8 Å². The summed E-state index contributed by atoms with van der Waals surface area (Å²) in [7, 11) is 0. The first-order chi connectivity index (χ1) is 13.5. The number of hydrogen-bond acceptors (Lipinski definition) is 3. The molecular formula is C22H24N2O4. The molecule has 1 saturated carbocycles. The Balaban J connectivity index is 1.42. The van der Waals surface area contributed by atoms with Gasteiger partial charge in [0, 0.05) is 24.4 Å². The zero-order valence-corrected chi connectivity index (χ0v) is 15.6. The molecule has 4 rings (SSSR count). The van der Waals surface area contributed by atoms with Gasteiger partial charge in [-0.1, -0.05) is 36.4 Å². The molecule has 1 atom stereocenters. The molecule has 2 aromatic carbocycles. The lowest BCUT2D eigenvalue weighted by Crippen LogP contribution is -2.42. The van der Waals surface area contributed by atoms with Gasteiger partial charge in [-0.3, -0.25) is 14.4 Å². The largest absolute Gasteiger partial charge is 0.481 e. The molecule has 1 aliphatic carbocycles. The molecule has 146 valence electrons. The summed E-state index contributed by atoms with van der Waals surface area (Å²) >= 11 is 0. The van der Waals surface area contributed by atoms with Crippen molar-refractivity contribution in [3.05, 3.63) is 42.5 Å². The van der Waals surface area contributed by atoms with Gasteiger partial charge in [0.15, 0.2) is 0 Å². The predicted octanol–water partition coefficient (Wildman–Crippen LogP) is 2.95. The Hall–Kier alpha value is -2.89. The van der Waals surface area contributed by atoms with Crippen molar-refractivity contribution in [3.63, 3.8) is 0 Å². The zero-order chi connectivity index (χ0) is 19.7. The Kier molecular flexibility index (Phi) is 5.03. The smallest absolute Gasteiger partial charge is 0.306 e. The van der Waals surface area contributed by atoms with Gasteiger partial charge in [0.2, 0.25) is 11.8 Å². The summed E-state index contributed by atoms with van der Waals surface area (Å²) in [6, 6.07) is 13.8. The topological polar surface area (TPSA) is 86.7 Å². The van der Waals surface area contributed by atoms with Crippen molar-refractivity contribution in [2.45, 2.75) is 38.1 Å². The van der Waals surface area contributed by atoms with E-state index in [1.807, 2.05) is 42.5 Å². The van der Waals surface area contributed by atoms with Gasteiger partial charge in [-0.25, -0.2) is 0 Å². The second kappa shape index (κ2) is 7.62. The summed E-state index contributed by atoms with van der Waals surface area (Å²) in [5.41, 5.74) is 0.848. The van der Waals surface area contributed by atoms with Gasteiger partial charge in [0.05, 0.1) is 17.5 Å². The van der Waals surface area contributed by atoms with Crippen molar-refractivity contribution in [1.82, 2.24) is 5.32 Å². The maximum atomic E-state index is 12.7. The highest BCUT2D eigenvalue weighted by atomic mass is 16.4. The summed E-state index contributed by atoms with van der Waals surface area (Å²) in [6.45, 7) is 0.378. The van der Waals surface area contributed by atoms with Crippen molar-refractivity contribution in [2.24, 2.45) is 11.8 Å². The number of benzene rings is 2. The molecular weight excluding hydrogens is 356 g/mol. The number of carboxylic acids is 1. The number of aliphatic carboxylic acids is 1. The number of hydrogen-bond donors (Lipinski definition) is 2. The molecule has 6 heteroatoms. The van der Waals surface area contributed by atoms with E-state index in [2.05, 4.69) is 5.32 Å². The Morgan fingerprint density at radius 3 is 2.43 bits per heavy atom. The van der Waals surface area contributed by atoms with Gasteiger partial charge < -0.3 is 15.3 Å². The molecule has 0 aromatic heterocycles. The van der Waals surface area contributed by atoms with E-state index in [9.17, 15) is 14.4 Å². The molecule has 0 bridgehead atoms. The highest BCUT2D eigenvalue weighted by molar-refractivity contribution is 6.07. The Morgan fingerprint density at radius 2 is 1.68 bits per heavy atom. The number of amides is 2. The Morgan fingerprint density at radius 1 is 0.964 bits per heavy atom. The normalized spacial score (nSPS) is 25.1. The average Bonchev–Trinajstić information content (AvgIpc) is 3.09. The number of rotatable bonds is 4. The lowest BCUT2D eigenvalue weighted by atomic mass is 9.86. The van der Waals surface area contributed by atoms with Crippen LogP contribution in [0.5, 0.6) is 0 Å². The highest BCUT2D eigenvalue weighted by Gasteiger charge is 2.37. The van der Waals surface area contributed by atoms with Gasteiger partial charge in [0.25, 0.3) is 0 Å². The van der Waals surface area contributed by atoms with Crippen LogP contribution < -0.4 is 10.2 Å². The molecule has 1 unspecified atom stereocenters. The van der Waals surface area contributed by atoms with Gasteiger partial charge in [-0.2, -0.15) is 0 Å². The van der Waals surface area contributed by atoms with Crippen LogP contribution in [0.2, 0.25) is 0 Å². The first-order valence-corrected chi connectivity index (χ1v) is 9.84. The van der Waals surface area contributed by atoms with E-state index in [0.717, 1.165) is 16.5 Å². The first kappa shape index (κ1) is 18.5. The fourth-order valence-electron chi connectivity index (χ4n) is 4.36. The van der Waals surface area contributed by atoms with Crippen LogP contribution in [0.15, 0.2) is 42.5 Å². The third-order valence-corrected chi connectivity index (χ3v) is 5.98. The van der Waals surface area contributed by atoms with Crippen LogP contribution in [-0.2, 0) is 14.4 Å². The minimum absolute atomic E-state index is 0.00445. The average molecular weight is 380 g/mol. The summed E-state index contributed by atoms with van der Waals surface area (Å²) < 4.78 is 0. The SMILES string of the molecule is O=C(O)C1CCC(NC(=O)C2CC(=O)N(c3cccc4ccccc34)C2)CC1. The van der Waals surface area contributed by atoms with Crippen LogP contribution in [0, 0.1) is 11.8 Å². The lowest BCUT2D eigenvalue weighted by Gasteiger charge is -2.27. The summed E-state index contributed by atoms with van der Waals surface area (Å²) in [6.07, 6.45) is 2.74. The zero-order valence-electron chi connectivity index (χ0n) is 15.6. The molecule has 2 amide bonds. The fraction of sp³-hybridized carbons (Fsp3) is 0.409. The van der Waals surface area contributed by atoms with Crippen molar-refractivity contribution >= 4 is 34.2 Å². The quantitative estimate of drug-likeness (QED) is 0.854. The maximum absolute atomic E-state index is 12.7. The van der Waals surface area contributed by atoms with Crippen LogP contribution >= 0.6 is 0 Å². The van der Waals surface area contributed by atoms with Crippen molar-refractivity contribution in [3.8, 4) is 0 Å². The Bertz CT molecular complexity index is 912. The number of nitrogens with zero attached hydrogens (tertiary/aromatic N) is 1. The monoisotopic (exact) mass is 380 g/mol. The molecule has 1 aliphatic heterocycles. The third kappa shape index (κ3) is 3.59. The number of carboxylic acid groups (broad SMARTS) is 1. The van der Waals surface area contributed by atoms with E-state index in [1.165, 1.54) is 0 Å². The van der Waals surface area contributed by atoms with Crippen LogP contribution in [0.3, 0.4) is 0 Å². The van der Waals surface area contributed by atoms with E-state index < -0.39 is 5.97 Å². The molecule has 2 N–H and O–H groups in total. The van der Waals surface area contributed by atoms with Crippen molar-refractivity contribution in [2.75, 3.05) is 11.4 Å². The van der Waals surface area contributed by atoms with E-state index in [1.54, 1.807) is 4.90 Å². The van der Waals surface area contributed by atoms with E-state index >= 15 is 0 Å². The van der Waals surface area contributed by atoms with Gasteiger partial charge in [-0.05, 0) is 37.1 Å². The molecule has 2 aliphatic rings. The van der Waals surface area contributed by atoms with Gasteiger partial charge in [-0.15, -0.1) is 0 Å². The second-order valence-electron chi connectivity index (χ2n) is 7.80. The third-order valence-electron chi connectivity index (χ3n) is 5.98. The minimum atomic E-state index is -0.753. The number of nitrogens with one attached hydrogen (secondary N) is 1. The molecule has 0 spiro atoms. The van der Waals surface area contributed by atoms with Crippen molar-refractivity contribution < 1.29 is 19.5 Å². The number of carbonyl (C=O) groups excluding carboxylic acids is 2. The highest BCUT2D eigenvalue weighted by Crippen LogP contribution is 2.32. The number of anilines is 1. The summed E-state index contributed by atoms with van der Waals surface area (Å²) in [5.74, 6) is -1.57. The van der Waals surface area contributed by atoms with E-state index in [4.69, 9.17) is 5.11 Å². The summed E-state index contributed by atoms with van der Waals surface area (Å²) in [5, 5.41) is 14.2. The molecule has 28 heavy (non-hydrogen) atoms. The molecule has 2 aromatic rings. The van der Waals surface area contributed by atoms with Crippen molar-refractivity contribution in [1.29, 1.82) is 0 Å². The predicted molar refractivity (Wildman–Crippen MR) is 106 cm³/mol. The Labute approximate surface area is 163 Å². The van der Waals surface area contributed by atoms with Crippen LogP contribution in [0.1, 0.15) is 32.1 Å². The van der Waals surface area contributed by atoms with E-state index in [-0.39, 0.29) is 36.1 Å². The first-order valence-electron chi connectivity index (χ1n) is 9.84. The second-order valence-corrected chi connectivity index (χ2v) is 7.80. The van der Waals surface area contributed by atoms with Gasteiger partial charge in [0.1, 0.15) is 0 Å². The molecule has 6 nitrogen and oxygen atoms in total. The summed E-state index contributed by atoms with van der Waals surface area (Å²) in [4.78, 5) is 38.1. The molecule has 2 fully saturated rings. The number of carbonyl (C=O) groups is 3. The minimum Gasteiger partial charge on any atom is -0.481 e. The lowest BCUT2D eigenvalue weighted by molar-refractivity contribution is -0.142.